The highest BCUT2D eigenvalue weighted by Gasteiger charge is 2.38. The van der Waals surface area contributed by atoms with Gasteiger partial charge in [0, 0.05) is 29.5 Å². The van der Waals surface area contributed by atoms with E-state index in [1.807, 2.05) is 0 Å². The van der Waals surface area contributed by atoms with E-state index in [1.165, 1.54) is 41.3 Å². The number of alkyl halides is 3. The minimum absolute atomic E-state index is 0.174. The number of nitrogens with one attached hydrogen (secondary N) is 1. The molecule has 10 heteroatoms. The van der Waals surface area contributed by atoms with Gasteiger partial charge in [-0.25, -0.2) is 0 Å². The summed E-state index contributed by atoms with van der Waals surface area (Å²) >= 11 is 0. The van der Waals surface area contributed by atoms with Crippen LogP contribution >= 0.6 is 0 Å². The average molecular weight is 407 g/mol. The zero-order valence-corrected chi connectivity index (χ0v) is 14.9. The highest BCUT2D eigenvalue weighted by molar-refractivity contribution is 6.13. The van der Waals surface area contributed by atoms with Crippen molar-refractivity contribution in [1.29, 1.82) is 0 Å². The van der Waals surface area contributed by atoms with Gasteiger partial charge in [0.1, 0.15) is 11.7 Å². The van der Waals surface area contributed by atoms with E-state index in [9.17, 15) is 27.6 Å². The van der Waals surface area contributed by atoms with Crippen LogP contribution in [0.4, 0.5) is 24.5 Å². The van der Waals surface area contributed by atoms with Crippen molar-refractivity contribution < 1.29 is 32.3 Å². The molecule has 0 spiro atoms. The Morgan fingerprint density at radius 3 is 2.45 bits per heavy atom. The van der Waals surface area contributed by atoms with Gasteiger partial charge in [0.05, 0.1) is 0 Å². The normalized spacial score (nSPS) is 16.6. The van der Waals surface area contributed by atoms with E-state index < -0.39 is 35.8 Å². The molecule has 7 nitrogen and oxygen atoms in total. The maximum Gasteiger partial charge on any atom is 0.573 e. The van der Waals surface area contributed by atoms with Crippen molar-refractivity contribution in [3.05, 3.63) is 54.1 Å². The highest BCUT2D eigenvalue weighted by Crippen LogP contribution is 2.31. The van der Waals surface area contributed by atoms with Crippen LogP contribution in [0.15, 0.2) is 48.5 Å². The van der Waals surface area contributed by atoms with Gasteiger partial charge >= 0.3 is 6.36 Å². The molecule has 3 amide bonds. The SMILES string of the molecule is NC(=O)c1ccc(NC(=O)C2CCN(c3cccc(OC(F)(F)F)c3)C2=O)cc1. The first kappa shape index (κ1) is 20.2. The van der Waals surface area contributed by atoms with Crippen molar-refractivity contribution in [1.82, 2.24) is 0 Å². The number of amides is 3. The number of primary amides is 1. The number of hydrogen-bond donors (Lipinski definition) is 2. The summed E-state index contributed by atoms with van der Waals surface area (Å²) < 4.78 is 41.0. The van der Waals surface area contributed by atoms with Crippen LogP contribution in [0.1, 0.15) is 16.8 Å². The second-order valence-corrected chi connectivity index (χ2v) is 6.31. The molecule has 0 aromatic heterocycles. The van der Waals surface area contributed by atoms with Gasteiger partial charge in [-0.15, -0.1) is 13.2 Å². The largest absolute Gasteiger partial charge is 0.573 e. The Morgan fingerprint density at radius 2 is 1.83 bits per heavy atom. The Bertz CT molecular complexity index is 944. The number of hydrogen-bond acceptors (Lipinski definition) is 4. The number of rotatable bonds is 5. The lowest BCUT2D eigenvalue weighted by Crippen LogP contribution is -2.33. The van der Waals surface area contributed by atoms with Gasteiger partial charge in [-0.3, -0.25) is 14.4 Å². The highest BCUT2D eigenvalue weighted by atomic mass is 19.4. The fourth-order valence-electron chi connectivity index (χ4n) is 2.98. The Kier molecular flexibility index (Phi) is 5.44. The van der Waals surface area contributed by atoms with Gasteiger partial charge in [0.25, 0.3) is 0 Å². The van der Waals surface area contributed by atoms with Crippen LogP contribution in [0.2, 0.25) is 0 Å². The summed E-state index contributed by atoms with van der Waals surface area (Å²) in [5.74, 6) is -3.13. The van der Waals surface area contributed by atoms with E-state index in [1.54, 1.807) is 0 Å². The van der Waals surface area contributed by atoms with Gasteiger partial charge in [0.15, 0.2) is 0 Å². The molecule has 0 radical (unpaired) electrons. The second-order valence-electron chi connectivity index (χ2n) is 6.31. The van der Waals surface area contributed by atoms with Crippen LogP contribution in [0.5, 0.6) is 5.75 Å². The molecule has 1 aliphatic heterocycles. The molecule has 152 valence electrons. The van der Waals surface area contributed by atoms with Crippen molar-refractivity contribution in [2.45, 2.75) is 12.8 Å². The van der Waals surface area contributed by atoms with Gasteiger partial charge in [-0.2, -0.15) is 0 Å². The van der Waals surface area contributed by atoms with Crippen LogP contribution in [-0.2, 0) is 9.59 Å². The number of anilines is 2. The zero-order chi connectivity index (χ0) is 21.2. The molecule has 1 saturated heterocycles. The van der Waals surface area contributed by atoms with E-state index >= 15 is 0 Å². The van der Waals surface area contributed by atoms with E-state index in [0.717, 1.165) is 12.1 Å². The van der Waals surface area contributed by atoms with E-state index in [0.29, 0.717) is 5.69 Å². The number of ether oxygens (including phenoxy) is 1. The summed E-state index contributed by atoms with van der Waals surface area (Å²) in [6, 6.07) is 10.8. The summed E-state index contributed by atoms with van der Waals surface area (Å²) in [7, 11) is 0. The number of nitrogens with zero attached hydrogens (tertiary/aromatic N) is 1. The van der Waals surface area contributed by atoms with Crippen LogP contribution in [0.3, 0.4) is 0 Å². The molecule has 1 atom stereocenters. The summed E-state index contributed by atoms with van der Waals surface area (Å²) in [5, 5.41) is 2.58. The Labute approximate surface area is 163 Å². The monoisotopic (exact) mass is 407 g/mol. The fraction of sp³-hybridized carbons (Fsp3) is 0.211. The predicted octanol–water partition coefficient (Wildman–Crippen LogP) is 2.68. The number of halogens is 3. The zero-order valence-electron chi connectivity index (χ0n) is 14.9. The number of benzene rings is 2. The van der Waals surface area contributed by atoms with Crippen LogP contribution in [0, 0.1) is 5.92 Å². The van der Waals surface area contributed by atoms with E-state index in [-0.39, 0.29) is 24.2 Å². The fourth-order valence-corrected chi connectivity index (χ4v) is 2.98. The van der Waals surface area contributed by atoms with E-state index in [2.05, 4.69) is 10.1 Å². The summed E-state index contributed by atoms with van der Waals surface area (Å²) in [4.78, 5) is 37.4. The van der Waals surface area contributed by atoms with Crippen molar-refractivity contribution in [3.8, 4) is 5.75 Å². The molecule has 0 aliphatic carbocycles. The standard InChI is InChI=1S/C19H16F3N3O4/c20-19(21,22)29-14-3-1-2-13(10-14)25-9-8-15(18(25)28)17(27)24-12-6-4-11(5-7-12)16(23)26/h1-7,10,15H,8-9H2,(H2,23,26)(H,24,27). The first-order valence-corrected chi connectivity index (χ1v) is 8.52. The third kappa shape index (κ3) is 4.84. The molecular weight excluding hydrogens is 391 g/mol. The maximum atomic E-state index is 12.6. The minimum Gasteiger partial charge on any atom is -0.406 e. The van der Waals surface area contributed by atoms with E-state index in [4.69, 9.17) is 5.73 Å². The molecule has 3 rings (SSSR count). The minimum atomic E-state index is -4.85. The van der Waals surface area contributed by atoms with Crippen LogP contribution < -0.4 is 20.7 Å². The average Bonchev–Trinajstić information content (AvgIpc) is 3.02. The molecule has 0 saturated carbocycles. The Hall–Kier alpha value is -3.56. The number of carbonyl (C=O) groups excluding carboxylic acids is 3. The molecule has 1 fully saturated rings. The van der Waals surface area contributed by atoms with Crippen molar-refractivity contribution in [3.63, 3.8) is 0 Å². The predicted molar refractivity (Wildman–Crippen MR) is 97.2 cm³/mol. The van der Waals surface area contributed by atoms with Crippen molar-refractivity contribution in [2.75, 3.05) is 16.8 Å². The first-order valence-electron chi connectivity index (χ1n) is 8.52. The lowest BCUT2D eigenvalue weighted by Gasteiger charge is -2.18. The third-order valence-electron chi connectivity index (χ3n) is 4.32. The second kappa shape index (κ2) is 7.82. The first-order chi connectivity index (χ1) is 13.6. The molecular formula is C19H16F3N3O4. The van der Waals surface area contributed by atoms with Gasteiger partial charge in [-0.1, -0.05) is 6.07 Å². The molecule has 1 unspecified atom stereocenters. The number of nitrogens with two attached hydrogens (primary N) is 1. The van der Waals surface area contributed by atoms with Crippen LogP contribution in [-0.4, -0.2) is 30.6 Å². The smallest absolute Gasteiger partial charge is 0.406 e. The van der Waals surface area contributed by atoms with Gasteiger partial charge in [-0.05, 0) is 42.8 Å². The molecule has 1 heterocycles. The van der Waals surface area contributed by atoms with Crippen LogP contribution in [0.25, 0.3) is 0 Å². The molecule has 2 aromatic rings. The molecule has 1 aliphatic rings. The quantitative estimate of drug-likeness (QED) is 0.744. The summed E-state index contributed by atoms with van der Waals surface area (Å²) in [6.07, 6.45) is -4.64. The third-order valence-corrected chi connectivity index (χ3v) is 4.32. The van der Waals surface area contributed by atoms with Crippen molar-refractivity contribution >= 4 is 29.1 Å². The number of carbonyl (C=O) groups is 3. The van der Waals surface area contributed by atoms with Crippen molar-refractivity contribution in [2.24, 2.45) is 11.7 Å². The summed E-state index contributed by atoms with van der Waals surface area (Å²) in [5.41, 5.74) is 6.01. The Morgan fingerprint density at radius 1 is 1.14 bits per heavy atom. The maximum absolute atomic E-state index is 12.6. The molecule has 29 heavy (non-hydrogen) atoms. The lowest BCUT2D eigenvalue weighted by atomic mass is 10.1. The van der Waals surface area contributed by atoms with Gasteiger partial charge < -0.3 is 20.7 Å². The molecule has 2 aromatic carbocycles. The van der Waals surface area contributed by atoms with Gasteiger partial charge in [0.2, 0.25) is 17.7 Å². The lowest BCUT2D eigenvalue weighted by molar-refractivity contribution is -0.274. The molecule has 0 bridgehead atoms. The molecule has 3 N–H and O–H groups in total. The topological polar surface area (TPSA) is 102 Å². The summed E-state index contributed by atoms with van der Waals surface area (Å²) in [6.45, 7) is 0.174. The Balaban J connectivity index is 1.68.